The van der Waals surface area contributed by atoms with E-state index in [1.54, 1.807) is 27.2 Å². The monoisotopic (exact) mass is 293 g/mol. The van der Waals surface area contributed by atoms with E-state index < -0.39 is 0 Å². The van der Waals surface area contributed by atoms with E-state index >= 15 is 0 Å². The number of methoxy groups -OCH3 is 2. The molecule has 21 heavy (non-hydrogen) atoms. The summed E-state index contributed by atoms with van der Waals surface area (Å²) in [6.07, 6.45) is 0.811. The molecule has 0 aliphatic heterocycles. The van der Waals surface area contributed by atoms with Crippen molar-refractivity contribution in [3.63, 3.8) is 0 Å². The summed E-state index contributed by atoms with van der Waals surface area (Å²) in [5, 5.41) is 12.5. The smallest absolute Gasteiger partial charge is 0.309 e. The van der Waals surface area contributed by atoms with Gasteiger partial charge in [-0.2, -0.15) is 0 Å². The maximum absolute atomic E-state index is 12.0. The topological polar surface area (TPSA) is 77.4 Å². The molecule has 0 spiro atoms. The van der Waals surface area contributed by atoms with Gasteiger partial charge in [0.05, 0.1) is 32.5 Å². The van der Waals surface area contributed by atoms with Crippen LogP contribution < -0.4 is 9.47 Å². The average Bonchev–Trinajstić information content (AvgIpc) is 2.52. The Morgan fingerprint density at radius 3 is 2.67 bits per heavy atom. The Hall–Kier alpha value is -2.24. The van der Waals surface area contributed by atoms with Crippen LogP contribution >= 0.6 is 0 Å². The maximum atomic E-state index is 12.0. The Balaban J connectivity index is 2.47. The van der Waals surface area contributed by atoms with Crippen LogP contribution in [0.2, 0.25) is 0 Å². The molecule has 0 heterocycles. The van der Waals surface area contributed by atoms with Crippen LogP contribution in [-0.2, 0) is 16.0 Å². The van der Waals surface area contributed by atoms with Gasteiger partial charge in [-0.05, 0) is 25.5 Å². The number of ether oxygens (including phenoxy) is 3. The number of hydrogen-bond donors (Lipinski definition) is 1. The Labute approximate surface area is 123 Å². The summed E-state index contributed by atoms with van der Waals surface area (Å²) in [5.74, 6) is 0.460. The first-order valence-corrected chi connectivity index (χ1v) is 6.78. The standard InChI is InChI=1S/C15H19NO5/c1-4-21-15(17)9-7-11-10(12(8-9)16-18)5-6-13(19-2)14(11)20-3/h5-6,9,18H,4,7-8H2,1-3H3/b16-12-/t9-/m1/s1. The number of hydrogen-bond acceptors (Lipinski definition) is 6. The van der Waals surface area contributed by atoms with Crippen molar-refractivity contribution >= 4 is 11.7 Å². The number of oxime groups is 1. The third kappa shape index (κ3) is 2.79. The number of nitrogens with zero attached hydrogens (tertiary/aromatic N) is 1. The van der Waals surface area contributed by atoms with Crippen molar-refractivity contribution in [3.8, 4) is 11.5 Å². The van der Waals surface area contributed by atoms with Crippen LogP contribution in [0.25, 0.3) is 0 Å². The lowest BCUT2D eigenvalue weighted by Crippen LogP contribution is -2.29. The van der Waals surface area contributed by atoms with Gasteiger partial charge in [0.2, 0.25) is 0 Å². The first-order chi connectivity index (χ1) is 10.2. The van der Waals surface area contributed by atoms with Crippen LogP contribution in [0.5, 0.6) is 11.5 Å². The molecule has 1 N–H and O–H groups in total. The Bertz CT molecular complexity index is 567. The molecule has 6 nitrogen and oxygen atoms in total. The molecule has 0 fully saturated rings. The summed E-state index contributed by atoms with van der Waals surface area (Å²) >= 11 is 0. The fraction of sp³-hybridized carbons (Fsp3) is 0.467. The highest BCUT2D eigenvalue weighted by atomic mass is 16.5. The lowest BCUT2D eigenvalue weighted by molar-refractivity contribution is -0.147. The predicted octanol–water partition coefficient (Wildman–Crippen LogP) is 2.01. The molecule has 114 valence electrons. The van der Waals surface area contributed by atoms with Gasteiger partial charge in [0.1, 0.15) is 0 Å². The van der Waals surface area contributed by atoms with Gasteiger partial charge in [0.15, 0.2) is 11.5 Å². The van der Waals surface area contributed by atoms with Crippen LogP contribution in [0.1, 0.15) is 24.5 Å². The molecule has 1 aromatic rings. The van der Waals surface area contributed by atoms with E-state index in [9.17, 15) is 10.0 Å². The molecule has 1 aliphatic carbocycles. The van der Waals surface area contributed by atoms with Crippen molar-refractivity contribution in [2.75, 3.05) is 20.8 Å². The summed E-state index contributed by atoms with van der Waals surface area (Å²) in [6, 6.07) is 3.57. The van der Waals surface area contributed by atoms with E-state index in [2.05, 4.69) is 5.16 Å². The second-order valence-electron chi connectivity index (χ2n) is 4.73. The molecule has 2 rings (SSSR count). The maximum Gasteiger partial charge on any atom is 0.309 e. The Morgan fingerprint density at radius 1 is 1.33 bits per heavy atom. The minimum atomic E-state index is -0.385. The predicted molar refractivity (Wildman–Crippen MR) is 76.3 cm³/mol. The van der Waals surface area contributed by atoms with Crippen molar-refractivity contribution in [3.05, 3.63) is 23.3 Å². The first-order valence-electron chi connectivity index (χ1n) is 6.78. The molecule has 0 aromatic heterocycles. The number of esters is 1. The highest BCUT2D eigenvalue weighted by Crippen LogP contribution is 2.39. The van der Waals surface area contributed by atoms with Gasteiger partial charge >= 0.3 is 5.97 Å². The summed E-state index contributed by atoms with van der Waals surface area (Å²) in [6.45, 7) is 2.09. The third-order valence-electron chi connectivity index (χ3n) is 3.59. The summed E-state index contributed by atoms with van der Waals surface area (Å²) in [5.41, 5.74) is 2.03. The van der Waals surface area contributed by atoms with Gasteiger partial charge in [-0.1, -0.05) is 5.16 Å². The summed E-state index contributed by atoms with van der Waals surface area (Å²) in [7, 11) is 3.10. The van der Waals surface area contributed by atoms with E-state index in [1.807, 2.05) is 6.07 Å². The SMILES string of the molecule is CCOC(=O)[C@H]1C/C(=N/O)c2ccc(OC)c(OC)c2C1. The number of carbonyl (C=O) groups is 1. The zero-order valence-electron chi connectivity index (χ0n) is 12.4. The number of fused-ring (bicyclic) bond motifs is 1. The molecular formula is C15H19NO5. The van der Waals surface area contributed by atoms with Gasteiger partial charge < -0.3 is 19.4 Å². The quantitative estimate of drug-likeness (QED) is 0.522. The van der Waals surface area contributed by atoms with E-state index in [0.717, 1.165) is 11.1 Å². The summed E-state index contributed by atoms with van der Waals surface area (Å²) in [4.78, 5) is 12.0. The van der Waals surface area contributed by atoms with E-state index in [-0.39, 0.29) is 11.9 Å². The van der Waals surface area contributed by atoms with Gasteiger partial charge in [-0.3, -0.25) is 4.79 Å². The van der Waals surface area contributed by atoms with E-state index in [4.69, 9.17) is 14.2 Å². The summed E-state index contributed by atoms with van der Waals surface area (Å²) < 4.78 is 15.7. The van der Waals surface area contributed by atoms with Crippen LogP contribution in [0.15, 0.2) is 17.3 Å². The second-order valence-corrected chi connectivity index (χ2v) is 4.73. The van der Waals surface area contributed by atoms with Gasteiger partial charge in [0.25, 0.3) is 0 Å². The highest BCUT2D eigenvalue weighted by molar-refractivity contribution is 6.05. The molecule has 0 amide bonds. The molecule has 0 unspecified atom stereocenters. The first kappa shape index (κ1) is 15.2. The normalized spacial score (nSPS) is 19.0. The number of rotatable bonds is 4. The molecule has 6 heteroatoms. The fourth-order valence-corrected chi connectivity index (χ4v) is 2.65. The van der Waals surface area contributed by atoms with Crippen molar-refractivity contribution in [1.82, 2.24) is 0 Å². The average molecular weight is 293 g/mol. The highest BCUT2D eigenvalue weighted by Gasteiger charge is 2.33. The molecule has 0 bridgehead atoms. The minimum absolute atomic E-state index is 0.297. The molecule has 1 atom stereocenters. The number of carbonyl (C=O) groups excluding carboxylic acids is 1. The molecule has 1 aliphatic rings. The van der Waals surface area contributed by atoms with Crippen LogP contribution in [0, 0.1) is 5.92 Å². The lowest BCUT2D eigenvalue weighted by Gasteiger charge is -2.26. The largest absolute Gasteiger partial charge is 0.493 e. The zero-order valence-corrected chi connectivity index (χ0v) is 12.4. The molecule has 0 saturated carbocycles. The molecule has 1 aromatic carbocycles. The minimum Gasteiger partial charge on any atom is -0.493 e. The second kappa shape index (κ2) is 6.47. The van der Waals surface area contributed by atoms with Crippen LogP contribution in [-0.4, -0.2) is 37.7 Å². The molecular weight excluding hydrogens is 274 g/mol. The van der Waals surface area contributed by atoms with Crippen molar-refractivity contribution < 1.29 is 24.2 Å². The van der Waals surface area contributed by atoms with Gasteiger partial charge in [-0.15, -0.1) is 0 Å². The molecule has 0 saturated heterocycles. The van der Waals surface area contributed by atoms with E-state index in [0.29, 0.717) is 36.7 Å². The van der Waals surface area contributed by atoms with Gasteiger partial charge in [-0.25, -0.2) is 0 Å². The van der Waals surface area contributed by atoms with Crippen molar-refractivity contribution in [2.24, 2.45) is 11.1 Å². The Morgan fingerprint density at radius 2 is 2.10 bits per heavy atom. The third-order valence-corrected chi connectivity index (χ3v) is 3.59. The van der Waals surface area contributed by atoms with Crippen LogP contribution in [0.4, 0.5) is 0 Å². The van der Waals surface area contributed by atoms with E-state index in [1.165, 1.54) is 0 Å². The fourth-order valence-electron chi connectivity index (χ4n) is 2.65. The van der Waals surface area contributed by atoms with Crippen molar-refractivity contribution in [1.29, 1.82) is 0 Å². The molecule has 0 radical (unpaired) electrons. The van der Waals surface area contributed by atoms with Crippen LogP contribution in [0.3, 0.4) is 0 Å². The Kier molecular flexibility index (Phi) is 4.67. The number of benzene rings is 1. The lowest BCUT2D eigenvalue weighted by atomic mass is 9.82. The zero-order chi connectivity index (χ0) is 15.4. The van der Waals surface area contributed by atoms with Crippen molar-refractivity contribution in [2.45, 2.75) is 19.8 Å². The van der Waals surface area contributed by atoms with Gasteiger partial charge in [0, 0.05) is 17.5 Å².